The minimum atomic E-state index is -0.344. The van der Waals surface area contributed by atoms with Crippen molar-refractivity contribution in [1.29, 1.82) is 0 Å². The molecule has 1 spiro atoms. The molecule has 0 bridgehead atoms. The first-order valence-electron chi connectivity index (χ1n) is 6.31. The fourth-order valence-corrected chi connectivity index (χ4v) is 4.39. The van der Waals surface area contributed by atoms with Crippen LogP contribution in [0, 0.1) is 0 Å². The predicted octanol–water partition coefficient (Wildman–Crippen LogP) is 2.03. The van der Waals surface area contributed by atoms with Gasteiger partial charge in [0.05, 0.1) is 6.04 Å². The van der Waals surface area contributed by atoms with E-state index in [0.29, 0.717) is 4.75 Å². The number of hydrogen-bond acceptors (Lipinski definition) is 3. The van der Waals surface area contributed by atoms with Gasteiger partial charge < -0.3 is 10.6 Å². The van der Waals surface area contributed by atoms with Crippen molar-refractivity contribution < 1.29 is 4.79 Å². The Morgan fingerprint density at radius 3 is 2.59 bits per heavy atom. The maximum absolute atomic E-state index is 11.9. The zero-order valence-corrected chi connectivity index (χ0v) is 12.1. The second kappa shape index (κ2) is 6.30. The Bertz CT molecular complexity index is 262. The number of nitrogens with zero attached hydrogens (tertiary/aromatic N) is 1. The monoisotopic (exact) mass is 278 g/mol. The summed E-state index contributed by atoms with van der Waals surface area (Å²) in [6, 6.07) is -0.344. The number of thioether (sulfide) groups is 1. The van der Waals surface area contributed by atoms with Gasteiger partial charge in [-0.05, 0) is 19.8 Å². The molecule has 1 heterocycles. The standard InChI is InChI=1S/C12H22N2OS.ClH/c1-10(13)11(15)14-7-8-16-12(9-14)5-3-2-4-6-12;/h10H,2-9,13H2,1H3;1H/t10-;/m0./s1. The number of carbonyl (C=O) groups is 1. The van der Waals surface area contributed by atoms with Crippen molar-refractivity contribution in [2.75, 3.05) is 18.8 Å². The van der Waals surface area contributed by atoms with Gasteiger partial charge in [-0.3, -0.25) is 4.79 Å². The van der Waals surface area contributed by atoms with Crippen molar-refractivity contribution in [3.63, 3.8) is 0 Å². The second-order valence-corrected chi connectivity index (χ2v) is 6.70. The van der Waals surface area contributed by atoms with E-state index in [1.165, 1.54) is 32.1 Å². The predicted molar refractivity (Wildman–Crippen MR) is 75.8 cm³/mol. The van der Waals surface area contributed by atoms with Crippen LogP contribution >= 0.6 is 24.2 Å². The fourth-order valence-electron chi connectivity index (χ4n) is 2.82. The van der Waals surface area contributed by atoms with Gasteiger partial charge in [0.25, 0.3) is 0 Å². The molecule has 1 atom stereocenters. The molecule has 2 N–H and O–H groups in total. The third-order valence-electron chi connectivity index (χ3n) is 3.71. The molecule has 2 aliphatic rings. The largest absolute Gasteiger partial charge is 0.339 e. The minimum Gasteiger partial charge on any atom is -0.339 e. The van der Waals surface area contributed by atoms with Crippen LogP contribution in [0.5, 0.6) is 0 Å². The Morgan fingerprint density at radius 2 is 2.00 bits per heavy atom. The lowest BCUT2D eigenvalue weighted by Crippen LogP contribution is -2.53. The van der Waals surface area contributed by atoms with Crippen molar-refractivity contribution in [3.8, 4) is 0 Å². The highest BCUT2D eigenvalue weighted by Crippen LogP contribution is 2.42. The highest BCUT2D eigenvalue weighted by Gasteiger charge is 2.38. The van der Waals surface area contributed by atoms with Gasteiger partial charge in [0.1, 0.15) is 0 Å². The first-order valence-corrected chi connectivity index (χ1v) is 7.30. The lowest BCUT2D eigenvalue weighted by atomic mass is 9.87. The molecule has 0 aromatic heterocycles. The van der Waals surface area contributed by atoms with Gasteiger partial charge in [0.2, 0.25) is 5.91 Å². The molecule has 2 rings (SSSR count). The molecule has 0 aromatic rings. The number of hydrogen-bond donors (Lipinski definition) is 1. The van der Waals surface area contributed by atoms with Gasteiger partial charge >= 0.3 is 0 Å². The average molecular weight is 279 g/mol. The van der Waals surface area contributed by atoms with Crippen molar-refractivity contribution >= 4 is 30.1 Å². The van der Waals surface area contributed by atoms with Gasteiger partial charge in [0, 0.05) is 23.6 Å². The summed E-state index contributed by atoms with van der Waals surface area (Å²) in [6.45, 7) is 3.60. The summed E-state index contributed by atoms with van der Waals surface area (Å²) >= 11 is 2.08. The number of carbonyl (C=O) groups excluding carboxylic acids is 1. The molecule has 100 valence electrons. The lowest BCUT2D eigenvalue weighted by molar-refractivity contribution is -0.132. The SMILES string of the molecule is C[C@H](N)C(=O)N1CCSC2(CCCCC2)C1.Cl. The van der Waals surface area contributed by atoms with E-state index >= 15 is 0 Å². The van der Waals surface area contributed by atoms with Crippen LogP contribution in [0.4, 0.5) is 0 Å². The van der Waals surface area contributed by atoms with E-state index in [1.807, 2.05) is 4.90 Å². The third-order valence-corrected chi connectivity index (χ3v) is 5.25. The fraction of sp³-hybridized carbons (Fsp3) is 0.917. The van der Waals surface area contributed by atoms with Crippen LogP contribution < -0.4 is 5.73 Å². The molecule has 3 nitrogen and oxygen atoms in total. The molecule has 0 unspecified atom stereocenters. The topological polar surface area (TPSA) is 46.3 Å². The first kappa shape index (κ1) is 15.1. The van der Waals surface area contributed by atoms with Crippen LogP contribution in [0.2, 0.25) is 0 Å². The number of nitrogens with two attached hydrogens (primary N) is 1. The Kier molecular flexibility index (Phi) is 5.61. The van der Waals surface area contributed by atoms with E-state index in [4.69, 9.17) is 5.73 Å². The molecule has 5 heteroatoms. The normalized spacial score (nSPS) is 25.2. The summed E-state index contributed by atoms with van der Waals surface area (Å²) in [5, 5.41) is 0. The smallest absolute Gasteiger partial charge is 0.239 e. The molecule has 1 aliphatic heterocycles. The zero-order chi connectivity index (χ0) is 11.6. The first-order chi connectivity index (χ1) is 7.63. The molecule has 0 aromatic carbocycles. The molecule has 1 saturated heterocycles. The summed E-state index contributed by atoms with van der Waals surface area (Å²) in [6.07, 6.45) is 6.57. The van der Waals surface area contributed by atoms with Crippen molar-refractivity contribution in [3.05, 3.63) is 0 Å². The molecular formula is C12H23ClN2OS. The minimum absolute atomic E-state index is 0. The van der Waals surface area contributed by atoms with E-state index < -0.39 is 0 Å². The van der Waals surface area contributed by atoms with Gasteiger partial charge in [-0.1, -0.05) is 19.3 Å². The van der Waals surface area contributed by atoms with Crippen LogP contribution in [-0.2, 0) is 4.79 Å². The molecule has 0 radical (unpaired) electrons. The average Bonchev–Trinajstić information content (AvgIpc) is 2.29. The van der Waals surface area contributed by atoms with Crippen molar-refractivity contribution in [2.45, 2.75) is 49.8 Å². The maximum Gasteiger partial charge on any atom is 0.239 e. The van der Waals surface area contributed by atoms with Gasteiger partial charge in [0.15, 0.2) is 0 Å². The molecular weight excluding hydrogens is 256 g/mol. The maximum atomic E-state index is 11.9. The van der Waals surface area contributed by atoms with Gasteiger partial charge in [-0.15, -0.1) is 12.4 Å². The highest BCUT2D eigenvalue weighted by molar-refractivity contribution is 8.00. The van der Waals surface area contributed by atoms with E-state index in [1.54, 1.807) is 6.92 Å². The Balaban J connectivity index is 0.00000144. The van der Waals surface area contributed by atoms with Crippen LogP contribution in [0.15, 0.2) is 0 Å². The molecule has 17 heavy (non-hydrogen) atoms. The van der Waals surface area contributed by atoms with Gasteiger partial charge in [-0.2, -0.15) is 11.8 Å². The Morgan fingerprint density at radius 1 is 1.35 bits per heavy atom. The van der Waals surface area contributed by atoms with Crippen molar-refractivity contribution in [1.82, 2.24) is 4.90 Å². The highest BCUT2D eigenvalue weighted by atomic mass is 35.5. The summed E-state index contributed by atoms with van der Waals surface area (Å²) < 4.78 is 0.362. The molecule has 1 aliphatic carbocycles. The summed E-state index contributed by atoms with van der Waals surface area (Å²) in [5.41, 5.74) is 5.69. The lowest BCUT2D eigenvalue weighted by Gasteiger charge is -2.45. The number of halogens is 1. The van der Waals surface area contributed by atoms with E-state index in [2.05, 4.69) is 11.8 Å². The second-order valence-electron chi connectivity index (χ2n) is 5.14. The van der Waals surface area contributed by atoms with Crippen LogP contribution in [0.3, 0.4) is 0 Å². The van der Waals surface area contributed by atoms with Crippen LogP contribution in [0.1, 0.15) is 39.0 Å². The van der Waals surface area contributed by atoms with Gasteiger partial charge in [-0.25, -0.2) is 0 Å². The summed E-state index contributed by atoms with van der Waals surface area (Å²) in [7, 11) is 0. The zero-order valence-electron chi connectivity index (χ0n) is 10.5. The quantitative estimate of drug-likeness (QED) is 0.798. The molecule has 1 amide bonds. The van der Waals surface area contributed by atoms with Crippen molar-refractivity contribution in [2.24, 2.45) is 5.73 Å². The Labute approximate surface area is 114 Å². The summed E-state index contributed by atoms with van der Waals surface area (Å²) in [5.74, 6) is 1.21. The molecule has 2 fully saturated rings. The van der Waals surface area contributed by atoms with E-state index in [0.717, 1.165) is 18.8 Å². The number of rotatable bonds is 1. The Hall–Kier alpha value is 0.0700. The van der Waals surface area contributed by atoms with E-state index in [-0.39, 0.29) is 24.4 Å². The third kappa shape index (κ3) is 3.52. The number of amides is 1. The van der Waals surface area contributed by atoms with E-state index in [9.17, 15) is 4.79 Å². The molecule has 1 saturated carbocycles. The van der Waals surface area contributed by atoms with Crippen LogP contribution in [-0.4, -0.2) is 40.4 Å². The summed E-state index contributed by atoms with van der Waals surface area (Å²) in [4.78, 5) is 13.9. The van der Waals surface area contributed by atoms with Crippen LogP contribution in [0.25, 0.3) is 0 Å².